The molecule has 2 aliphatic rings. The third-order valence-electron chi connectivity index (χ3n) is 8.11. The number of aliphatic hydroxyl groups excluding tert-OH is 1. The van der Waals surface area contributed by atoms with Crippen LogP contribution in [0.2, 0.25) is 0 Å². The van der Waals surface area contributed by atoms with Crippen LogP contribution in [0.5, 0.6) is 5.88 Å². The largest absolute Gasteiger partial charge is 0.476 e. The number of aromatic nitrogens is 5. The Bertz CT molecular complexity index is 1740. The highest BCUT2D eigenvalue weighted by Crippen LogP contribution is 2.42. The van der Waals surface area contributed by atoms with E-state index >= 15 is 0 Å². The summed E-state index contributed by atoms with van der Waals surface area (Å²) < 4.78 is 15.4. The maximum Gasteiger partial charge on any atom is 0.416 e. The number of amides is 2. The summed E-state index contributed by atoms with van der Waals surface area (Å²) in [5, 5.41) is 28.0. The Balaban J connectivity index is 1.36. The smallest absolute Gasteiger partial charge is 0.416 e. The number of imidazole rings is 1. The summed E-state index contributed by atoms with van der Waals surface area (Å²) in [6.45, 7) is 10.2. The molecule has 14 nitrogen and oxygen atoms in total. The highest BCUT2D eigenvalue weighted by molar-refractivity contribution is 5.88. The van der Waals surface area contributed by atoms with E-state index in [9.17, 15) is 19.8 Å². The van der Waals surface area contributed by atoms with Gasteiger partial charge in [0.2, 0.25) is 0 Å². The molecule has 0 radical (unpaired) electrons. The normalized spacial score (nSPS) is 18.7. The van der Waals surface area contributed by atoms with Crippen LogP contribution in [0.4, 0.5) is 21.2 Å². The molecule has 1 saturated carbocycles. The Kier molecular flexibility index (Phi) is 8.40. The van der Waals surface area contributed by atoms with Gasteiger partial charge in [-0.25, -0.2) is 19.6 Å². The molecule has 2 amide bonds. The SMILES string of the molecule is CC(C)Oc1cccc2nc(CN(C(=O)OC(C)(C)C)c3cc(NCC4CCN(C(=O)O)CC4O)nc4c(C5CC5)cnn34)cn12. The highest BCUT2D eigenvalue weighted by Gasteiger charge is 2.33. The third-order valence-corrected chi connectivity index (χ3v) is 8.11. The van der Waals surface area contributed by atoms with Gasteiger partial charge < -0.3 is 29.9 Å². The van der Waals surface area contributed by atoms with Crippen LogP contribution in [0, 0.1) is 5.92 Å². The van der Waals surface area contributed by atoms with Gasteiger partial charge in [-0.1, -0.05) is 6.07 Å². The topological polar surface area (TPSA) is 159 Å². The monoisotopic (exact) mass is 634 g/mol. The first kappa shape index (κ1) is 31.4. The lowest BCUT2D eigenvalue weighted by Crippen LogP contribution is -2.47. The number of rotatable bonds is 9. The fourth-order valence-corrected chi connectivity index (χ4v) is 5.72. The second kappa shape index (κ2) is 12.3. The number of nitrogens with zero attached hydrogens (tertiary/aromatic N) is 7. The number of fused-ring (bicyclic) bond motifs is 2. The number of nitrogens with one attached hydrogen (secondary N) is 1. The van der Waals surface area contributed by atoms with Crippen molar-refractivity contribution < 1.29 is 29.3 Å². The van der Waals surface area contributed by atoms with E-state index in [2.05, 4.69) is 10.4 Å². The van der Waals surface area contributed by atoms with E-state index in [1.807, 2.05) is 69.6 Å². The number of carbonyl (C=O) groups is 2. The molecule has 2 unspecified atom stereocenters. The van der Waals surface area contributed by atoms with E-state index in [4.69, 9.17) is 19.4 Å². The van der Waals surface area contributed by atoms with Gasteiger partial charge in [0.05, 0.1) is 37.2 Å². The number of hydrogen-bond donors (Lipinski definition) is 3. The maximum atomic E-state index is 13.9. The van der Waals surface area contributed by atoms with Gasteiger partial charge in [-0.3, -0.25) is 9.30 Å². The number of β-amino-alcohol motifs (C(OH)–C–C–N with tert-alkyl or cyclic N) is 1. The zero-order valence-electron chi connectivity index (χ0n) is 26.9. The van der Waals surface area contributed by atoms with Crippen LogP contribution in [-0.2, 0) is 11.3 Å². The van der Waals surface area contributed by atoms with Crippen molar-refractivity contribution in [2.75, 3.05) is 29.9 Å². The van der Waals surface area contributed by atoms with Crippen molar-refractivity contribution in [2.24, 2.45) is 5.92 Å². The molecule has 2 atom stereocenters. The van der Waals surface area contributed by atoms with Crippen molar-refractivity contribution >= 4 is 35.1 Å². The number of pyridine rings is 1. The zero-order valence-corrected chi connectivity index (χ0v) is 26.9. The summed E-state index contributed by atoms with van der Waals surface area (Å²) in [5.41, 5.74) is 2.19. The lowest BCUT2D eigenvalue weighted by atomic mass is 9.94. The first-order valence-electron chi connectivity index (χ1n) is 15.8. The van der Waals surface area contributed by atoms with Gasteiger partial charge in [0, 0.05) is 36.8 Å². The van der Waals surface area contributed by atoms with Crippen molar-refractivity contribution in [3.63, 3.8) is 0 Å². The molecule has 246 valence electrons. The minimum atomic E-state index is -1.04. The molecule has 1 aliphatic heterocycles. The van der Waals surface area contributed by atoms with Crippen LogP contribution >= 0.6 is 0 Å². The predicted octanol–water partition coefficient (Wildman–Crippen LogP) is 4.76. The van der Waals surface area contributed by atoms with Crippen molar-refractivity contribution in [1.29, 1.82) is 0 Å². The Labute approximate surface area is 266 Å². The Hall–Kier alpha value is -4.59. The number of carboxylic acid groups (broad SMARTS) is 1. The molecule has 1 saturated heterocycles. The summed E-state index contributed by atoms with van der Waals surface area (Å²) in [4.78, 5) is 37.7. The van der Waals surface area contributed by atoms with Gasteiger partial charge in [-0.15, -0.1) is 0 Å². The van der Waals surface area contributed by atoms with Gasteiger partial charge >= 0.3 is 12.2 Å². The molecule has 0 aromatic carbocycles. The summed E-state index contributed by atoms with van der Waals surface area (Å²) in [5.74, 6) is 1.78. The molecule has 6 rings (SSSR count). The zero-order chi connectivity index (χ0) is 32.7. The van der Waals surface area contributed by atoms with E-state index in [1.54, 1.807) is 10.6 Å². The molecule has 0 bridgehead atoms. The van der Waals surface area contributed by atoms with E-state index in [-0.39, 0.29) is 25.1 Å². The van der Waals surface area contributed by atoms with Crippen molar-refractivity contribution in [3.05, 3.63) is 47.9 Å². The van der Waals surface area contributed by atoms with E-state index in [0.717, 1.165) is 18.4 Å². The minimum Gasteiger partial charge on any atom is -0.476 e. The average molecular weight is 635 g/mol. The van der Waals surface area contributed by atoms with Crippen LogP contribution in [0.15, 0.2) is 36.7 Å². The molecular weight excluding hydrogens is 592 g/mol. The summed E-state index contributed by atoms with van der Waals surface area (Å²) in [7, 11) is 0. The lowest BCUT2D eigenvalue weighted by molar-refractivity contribution is 0.0294. The molecule has 46 heavy (non-hydrogen) atoms. The molecule has 3 N–H and O–H groups in total. The van der Waals surface area contributed by atoms with Crippen molar-refractivity contribution in [3.8, 4) is 5.88 Å². The quantitative estimate of drug-likeness (QED) is 0.234. The number of carbonyl (C=O) groups excluding carboxylic acids is 1. The van der Waals surface area contributed by atoms with Crippen LogP contribution < -0.4 is 15.0 Å². The Morgan fingerprint density at radius 3 is 2.63 bits per heavy atom. The number of likely N-dealkylation sites (tertiary alicyclic amines) is 1. The molecule has 4 aromatic rings. The fraction of sp³-hybridized carbons (Fsp3) is 0.531. The summed E-state index contributed by atoms with van der Waals surface area (Å²) in [6, 6.07) is 7.39. The molecule has 14 heteroatoms. The number of ether oxygens (including phenoxy) is 2. The van der Waals surface area contributed by atoms with E-state index in [1.165, 1.54) is 9.80 Å². The van der Waals surface area contributed by atoms with Gasteiger partial charge in [0.15, 0.2) is 11.5 Å². The van der Waals surface area contributed by atoms with E-state index < -0.39 is 23.9 Å². The Morgan fingerprint density at radius 2 is 1.96 bits per heavy atom. The van der Waals surface area contributed by atoms with Crippen molar-refractivity contribution in [1.82, 2.24) is 28.9 Å². The number of hydrogen-bond acceptors (Lipinski definition) is 9. The van der Waals surface area contributed by atoms with Gasteiger partial charge in [-0.05, 0) is 71.9 Å². The van der Waals surface area contributed by atoms with Crippen LogP contribution in [0.3, 0.4) is 0 Å². The van der Waals surface area contributed by atoms with Crippen LogP contribution in [-0.4, -0.2) is 88.7 Å². The minimum absolute atomic E-state index is 0.0305. The molecule has 0 spiro atoms. The predicted molar refractivity (Wildman–Crippen MR) is 171 cm³/mol. The average Bonchev–Trinajstić information content (AvgIpc) is 3.58. The van der Waals surface area contributed by atoms with Gasteiger partial charge in [-0.2, -0.15) is 9.61 Å². The Morgan fingerprint density at radius 1 is 1.17 bits per heavy atom. The third kappa shape index (κ3) is 6.81. The van der Waals surface area contributed by atoms with E-state index in [0.29, 0.717) is 59.9 Å². The fourth-order valence-electron chi connectivity index (χ4n) is 5.72. The van der Waals surface area contributed by atoms with Crippen molar-refractivity contribution in [2.45, 2.75) is 84.2 Å². The lowest BCUT2D eigenvalue weighted by Gasteiger charge is -2.34. The molecular formula is C32H42N8O6. The highest BCUT2D eigenvalue weighted by atomic mass is 16.6. The molecule has 1 aliphatic carbocycles. The van der Waals surface area contributed by atoms with Crippen LogP contribution in [0.1, 0.15) is 71.1 Å². The first-order valence-corrected chi connectivity index (χ1v) is 15.8. The first-order chi connectivity index (χ1) is 21.9. The number of piperidine rings is 1. The van der Waals surface area contributed by atoms with Crippen LogP contribution in [0.25, 0.3) is 11.3 Å². The standard InChI is InChI=1S/C32H42N8O6/c1-19(2)45-28-8-6-7-26-35-22(16-38(26)28)17-39(31(44)46-32(3,4)5)27-13-25(36-29-23(20-9-10-20)15-34-40(27)29)33-14-21-11-12-37(30(42)43)18-24(21)41/h6-8,13,15-16,19-21,24,41H,9-12,14,17-18H2,1-5H3,(H,33,36)(H,42,43). The molecule has 2 fully saturated rings. The summed E-state index contributed by atoms with van der Waals surface area (Å²) >= 11 is 0. The second-order valence-electron chi connectivity index (χ2n) is 13.4. The van der Waals surface area contributed by atoms with Gasteiger partial charge in [0.1, 0.15) is 22.9 Å². The number of anilines is 2. The maximum absolute atomic E-state index is 13.9. The molecule has 5 heterocycles. The summed E-state index contributed by atoms with van der Waals surface area (Å²) in [6.07, 6.45) is 3.82. The second-order valence-corrected chi connectivity index (χ2v) is 13.4. The van der Waals surface area contributed by atoms with Gasteiger partial charge in [0.25, 0.3) is 0 Å². The number of aliphatic hydroxyl groups is 1. The molecule has 4 aromatic heterocycles.